The molecule has 0 bridgehead atoms. The summed E-state index contributed by atoms with van der Waals surface area (Å²) in [5, 5.41) is 23.8. The van der Waals surface area contributed by atoms with E-state index >= 15 is 4.39 Å². The summed E-state index contributed by atoms with van der Waals surface area (Å²) < 4.78 is 31.5. The number of rotatable bonds is 14. The van der Waals surface area contributed by atoms with Gasteiger partial charge in [-0.25, -0.2) is 8.78 Å². The molecule has 0 spiro atoms. The minimum atomic E-state index is -1.57. The average molecular weight is 652 g/mol. The predicted octanol–water partition coefficient (Wildman–Crippen LogP) is 4.75. The summed E-state index contributed by atoms with van der Waals surface area (Å²) in [7, 11) is 0. The zero-order chi connectivity index (χ0) is 34.6. The van der Waals surface area contributed by atoms with Crippen LogP contribution in [0.5, 0.6) is 0 Å². The summed E-state index contributed by atoms with van der Waals surface area (Å²) in [6.45, 7) is 14.7. The first-order valence-electron chi connectivity index (χ1n) is 15.9. The van der Waals surface area contributed by atoms with Gasteiger partial charge >= 0.3 is 5.97 Å². The number of carbonyl (C=O) groups excluding carboxylic acids is 1. The van der Waals surface area contributed by atoms with Crippen LogP contribution in [0.3, 0.4) is 0 Å². The number of pyridine rings is 1. The smallest absolute Gasteiger partial charge is 0.305 e. The summed E-state index contributed by atoms with van der Waals surface area (Å²) in [5.74, 6) is -2.51. The third-order valence-electron chi connectivity index (χ3n) is 8.80. The molecular weight excluding hydrogens is 606 g/mol. The Hall–Kier alpha value is -4.22. The van der Waals surface area contributed by atoms with E-state index in [0.717, 1.165) is 26.8 Å². The minimum absolute atomic E-state index is 0.00340. The lowest BCUT2D eigenvalue weighted by atomic mass is 9.89. The van der Waals surface area contributed by atoms with Gasteiger partial charge in [0.2, 0.25) is 6.04 Å². The zero-order valence-electron chi connectivity index (χ0n) is 27.7. The fourth-order valence-corrected chi connectivity index (χ4v) is 6.45. The molecule has 1 unspecified atom stereocenters. The maximum Gasteiger partial charge on any atom is 0.305 e. The molecule has 0 radical (unpaired) electrons. The molecule has 2 heterocycles. The van der Waals surface area contributed by atoms with Crippen molar-refractivity contribution in [3.05, 3.63) is 92.1 Å². The highest BCUT2D eigenvalue weighted by Gasteiger charge is 2.36. The molecule has 3 aromatic rings. The Kier molecular flexibility index (Phi) is 11.5. The van der Waals surface area contributed by atoms with E-state index in [4.69, 9.17) is 0 Å². The van der Waals surface area contributed by atoms with Crippen LogP contribution in [-0.4, -0.2) is 74.7 Å². The number of aryl methyl sites for hydroxylation is 4. The van der Waals surface area contributed by atoms with Crippen molar-refractivity contribution in [1.82, 2.24) is 14.8 Å². The summed E-state index contributed by atoms with van der Waals surface area (Å²) in [4.78, 5) is 41.0. The molecule has 252 valence electrons. The normalized spacial score (nSPS) is 15.5. The number of aliphatic hydroxyl groups is 1. The van der Waals surface area contributed by atoms with Crippen molar-refractivity contribution in [2.45, 2.75) is 84.9 Å². The quantitative estimate of drug-likeness (QED) is 0.132. The second-order valence-electron chi connectivity index (χ2n) is 12.6. The summed E-state index contributed by atoms with van der Waals surface area (Å²) in [6.07, 6.45) is -0.711. The number of carbonyl (C=O) groups is 2. The molecule has 3 atom stereocenters. The third kappa shape index (κ3) is 8.20. The number of carboxylic acid groups (broad SMARTS) is 1. The van der Waals surface area contributed by atoms with Gasteiger partial charge in [0.25, 0.3) is 17.7 Å². The summed E-state index contributed by atoms with van der Waals surface area (Å²) in [5.41, 5.74) is 4.53. The van der Waals surface area contributed by atoms with Crippen molar-refractivity contribution in [3.8, 4) is 11.1 Å². The molecule has 4 rings (SSSR count). The number of carboxylic acids is 1. The number of nitrogens with one attached hydrogen (secondary N) is 1. The van der Waals surface area contributed by atoms with Gasteiger partial charge < -0.3 is 20.1 Å². The molecule has 0 saturated carbocycles. The number of aliphatic hydroxyl groups excluding tert-OH is 1. The van der Waals surface area contributed by atoms with Crippen molar-refractivity contribution in [3.63, 3.8) is 0 Å². The Labute approximate surface area is 274 Å². The van der Waals surface area contributed by atoms with Crippen molar-refractivity contribution < 1.29 is 33.2 Å². The number of aromatic nitrogens is 1. The molecule has 3 N–H and O–H groups in total. The first-order chi connectivity index (χ1) is 22.2. The second-order valence-corrected chi connectivity index (χ2v) is 12.6. The van der Waals surface area contributed by atoms with Crippen molar-refractivity contribution >= 4 is 18.6 Å². The van der Waals surface area contributed by atoms with E-state index in [1.807, 2.05) is 44.7 Å². The Balaban J connectivity index is 1.62. The van der Waals surface area contributed by atoms with Crippen molar-refractivity contribution in [1.29, 1.82) is 0 Å². The van der Waals surface area contributed by atoms with E-state index < -0.39 is 54.2 Å². The van der Waals surface area contributed by atoms with Crippen LogP contribution in [0.1, 0.15) is 71.8 Å². The van der Waals surface area contributed by atoms with Gasteiger partial charge in [-0.2, -0.15) is 4.58 Å². The maximum absolute atomic E-state index is 15.7. The van der Waals surface area contributed by atoms with E-state index in [9.17, 15) is 29.0 Å². The lowest BCUT2D eigenvalue weighted by molar-refractivity contribution is -0.630. The van der Waals surface area contributed by atoms with Gasteiger partial charge in [0.15, 0.2) is 0 Å². The lowest BCUT2D eigenvalue weighted by Gasteiger charge is -2.34. The van der Waals surface area contributed by atoms with Crippen LogP contribution in [0.15, 0.2) is 47.4 Å². The monoisotopic (exact) mass is 651 g/mol. The van der Waals surface area contributed by atoms with E-state index in [2.05, 4.69) is 12.0 Å². The number of nitrogens with zero attached hydrogens (tertiary/aromatic N) is 3. The molecule has 9 nitrogen and oxygen atoms in total. The van der Waals surface area contributed by atoms with Crippen LogP contribution in [-0.2, 0) is 16.1 Å². The molecule has 1 saturated heterocycles. The molecule has 1 amide bonds. The topological polar surface area (TPSA) is 115 Å². The lowest BCUT2D eigenvalue weighted by Crippen LogP contribution is -2.49. The van der Waals surface area contributed by atoms with Gasteiger partial charge in [-0.3, -0.25) is 19.3 Å². The van der Waals surface area contributed by atoms with Gasteiger partial charge in [-0.05, 0) is 86.2 Å². The first-order valence-corrected chi connectivity index (χ1v) is 15.9. The van der Waals surface area contributed by atoms with Gasteiger partial charge in [0.1, 0.15) is 24.3 Å². The van der Waals surface area contributed by atoms with Crippen LogP contribution >= 0.6 is 0 Å². The van der Waals surface area contributed by atoms with Crippen LogP contribution in [0.25, 0.3) is 11.1 Å². The highest BCUT2D eigenvalue weighted by molar-refractivity contribution is 5.82. The van der Waals surface area contributed by atoms with Crippen molar-refractivity contribution in [2.75, 3.05) is 19.6 Å². The molecule has 1 aliphatic heterocycles. The minimum Gasteiger partial charge on any atom is -0.481 e. The van der Waals surface area contributed by atoms with Gasteiger partial charge in [-0.1, -0.05) is 24.6 Å². The largest absolute Gasteiger partial charge is 0.481 e. The Morgan fingerprint density at radius 3 is 2.32 bits per heavy atom. The SMILES string of the molecule is C=[N+](C(O)c1cccn(CCN2CC(F)C2)c1=O)[C@@H](CCC)C(=O)N[C@@H](CC(=O)O)c1cc(-c2c(C)cc(C)cc2C)cc(C)c1F. The number of alkyl halides is 1. The first kappa shape index (κ1) is 35.6. The number of hydrogen-bond acceptors (Lipinski definition) is 5. The molecule has 11 heteroatoms. The highest BCUT2D eigenvalue weighted by atomic mass is 19.1. The van der Waals surface area contributed by atoms with Crippen LogP contribution in [0.4, 0.5) is 8.78 Å². The predicted molar refractivity (Wildman–Crippen MR) is 177 cm³/mol. The van der Waals surface area contributed by atoms with Crippen LogP contribution < -0.4 is 10.9 Å². The summed E-state index contributed by atoms with van der Waals surface area (Å²) >= 11 is 0. The number of benzene rings is 2. The van der Waals surface area contributed by atoms with E-state index in [1.54, 1.807) is 31.3 Å². The Morgan fingerprint density at radius 2 is 1.72 bits per heavy atom. The fourth-order valence-electron chi connectivity index (χ4n) is 6.45. The number of halogens is 2. The van der Waals surface area contributed by atoms with E-state index in [-0.39, 0.29) is 17.5 Å². The molecule has 1 fully saturated rings. The molecule has 47 heavy (non-hydrogen) atoms. The Morgan fingerprint density at radius 1 is 1.06 bits per heavy atom. The van der Waals surface area contributed by atoms with Gasteiger partial charge in [0.05, 0.1) is 12.5 Å². The fraction of sp³-hybridized carbons (Fsp3) is 0.444. The molecular formula is C36H45F2N4O5+. The maximum atomic E-state index is 15.7. The number of amides is 1. The number of likely N-dealkylation sites (tertiary alicyclic amines) is 1. The molecule has 1 aliphatic rings. The number of aliphatic carboxylic acids is 1. The third-order valence-corrected chi connectivity index (χ3v) is 8.80. The Bertz CT molecular complexity index is 1690. The second kappa shape index (κ2) is 15.1. The summed E-state index contributed by atoms with van der Waals surface area (Å²) in [6, 6.07) is 8.11. The van der Waals surface area contributed by atoms with Crippen LogP contribution in [0, 0.1) is 33.5 Å². The zero-order valence-corrected chi connectivity index (χ0v) is 27.7. The van der Waals surface area contributed by atoms with Gasteiger partial charge in [-0.15, -0.1) is 0 Å². The molecule has 0 aliphatic carbocycles. The average Bonchev–Trinajstić information content (AvgIpc) is 2.98. The van der Waals surface area contributed by atoms with Crippen LogP contribution in [0.2, 0.25) is 0 Å². The molecule has 1 aromatic heterocycles. The highest BCUT2D eigenvalue weighted by Crippen LogP contribution is 2.34. The van der Waals surface area contributed by atoms with E-state index in [0.29, 0.717) is 43.7 Å². The van der Waals surface area contributed by atoms with Crippen molar-refractivity contribution in [2.24, 2.45) is 0 Å². The standard InChI is InChI=1S/C36H44F2N4O5/c1-7-9-30(40(6)35(46)27-10-8-11-42(36(27)47)13-12-41-19-26(37)20-41)34(45)39-29(18-31(43)44)28-17-25(16-24(5)33(28)38)32-22(3)14-21(2)15-23(32)4/h8,10-11,14-17,26,29-30,35,46H,6-7,9,12-13,18-20H2,1-5H3,(H-,39,43,44,45)/p+1/t29-,30-,35?/m0/s1. The van der Waals surface area contributed by atoms with Gasteiger partial charge in [0, 0.05) is 44.4 Å². The number of hydrogen-bond donors (Lipinski definition) is 3. The molecule has 2 aromatic carbocycles. The van der Waals surface area contributed by atoms with E-state index in [1.165, 1.54) is 10.6 Å².